The van der Waals surface area contributed by atoms with Gasteiger partial charge in [0.1, 0.15) is 13.2 Å². The number of hydrogen-bond donors (Lipinski definition) is 12. The normalized spacial score (nSPS) is 11.0. The molecule has 0 spiro atoms. The van der Waals surface area contributed by atoms with Gasteiger partial charge in [0.25, 0.3) is 23.6 Å². The molecule has 0 atom stereocenters. The SMILES string of the molecule is Cc1c(NC(=O)CO)c(I)c(C(=O)NC(CO)CO)c(I)c1C(=O)NCCCNC(=O)c1c(I)c(NC(=O)CO)c(I)c(C(=O)NC(CO)CO)c1I. The quantitative estimate of drug-likeness (QED) is 0.0671. The zero-order valence-corrected chi connectivity index (χ0v) is 38.3. The second-order valence-corrected chi connectivity index (χ2v) is 16.2. The van der Waals surface area contributed by atoms with Crippen LogP contribution in [0.2, 0.25) is 0 Å². The van der Waals surface area contributed by atoms with Crippen LogP contribution in [0.15, 0.2) is 0 Å². The van der Waals surface area contributed by atoms with Crippen LogP contribution in [-0.2, 0) is 9.59 Å². The highest BCUT2D eigenvalue weighted by Gasteiger charge is 2.31. The van der Waals surface area contributed by atoms with Crippen molar-refractivity contribution in [3.05, 3.63) is 45.7 Å². The number of nitrogens with one attached hydrogen (secondary N) is 6. The molecule has 23 heteroatoms. The van der Waals surface area contributed by atoms with Crippen molar-refractivity contribution >= 4 is 160 Å². The summed E-state index contributed by atoms with van der Waals surface area (Å²) in [5.41, 5.74) is 0.514. The van der Waals surface area contributed by atoms with E-state index < -0.39 is 87.2 Å². The topological polar surface area (TPSA) is 296 Å². The van der Waals surface area contributed by atoms with E-state index >= 15 is 0 Å². The lowest BCUT2D eigenvalue weighted by Gasteiger charge is -2.21. The Balaban J connectivity index is 2.35. The summed E-state index contributed by atoms with van der Waals surface area (Å²) in [7, 11) is 0. The molecular formula is C30H35I5N6O12. The van der Waals surface area contributed by atoms with E-state index in [1.807, 2.05) is 90.4 Å². The van der Waals surface area contributed by atoms with Gasteiger partial charge in [-0.05, 0) is 132 Å². The molecule has 0 saturated carbocycles. The van der Waals surface area contributed by atoms with E-state index in [9.17, 15) is 59.4 Å². The summed E-state index contributed by atoms with van der Waals surface area (Å²) in [6.07, 6.45) is 0.196. The minimum atomic E-state index is -0.998. The highest BCUT2D eigenvalue weighted by atomic mass is 127. The van der Waals surface area contributed by atoms with Crippen molar-refractivity contribution in [2.75, 3.05) is 63.4 Å². The zero-order chi connectivity index (χ0) is 40.2. The monoisotopic (exact) mass is 1310 g/mol. The van der Waals surface area contributed by atoms with Crippen LogP contribution in [0.1, 0.15) is 53.4 Å². The first-order valence-electron chi connectivity index (χ1n) is 15.2. The average Bonchev–Trinajstić information content (AvgIpc) is 3.12. The molecule has 18 nitrogen and oxygen atoms in total. The minimum absolute atomic E-state index is 0.0121. The number of halogens is 5. The van der Waals surface area contributed by atoms with Crippen LogP contribution in [-0.4, -0.2) is 131 Å². The highest BCUT2D eigenvalue weighted by molar-refractivity contribution is 14.1. The number of benzene rings is 2. The number of carbonyl (C=O) groups is 6. The standard InChI is InChI=1S/C30H35I5N6O12/c1-11-16(20(31)18(29(52)38-12(5-42)6-43)22(33)25(11)40-14(48)9-46)27(50)36-3-2-4-37-28(51)17-21(32)19(30(53)39-13(7-44)8-45)24(35)26(23(17)34)41-15(49)10-47/h12-13,42-47H,2-10H2,1H3,(H,36,50)(H,37,51)(H,38,52)(H,39,53)(H,40,48)(H,41,49). The molecule has 0 aliphatic heterocycles. The van der Waals surface area contributed by atoms with Gasteiger partial charge in [-0.2, -0.15) is 0 Å². The lowest BCUT2D eigenvalue weighted by Crippen LogP contribution is -2.41. The number of amides is 6. The van der Waals surface area contributed by atoms with Gasteiger partial charge < -0.3 is 62.5 Å². The van der Waals surface area contributed by atoms with Gasteiger partial charge in [-0.1, -0.05) is 0 Å². The third-order valence-electron chi connectivity index (χ3n) is 7.15. The van der Waals surface area contributed by atoms with Gasteiger partial charge in [0.15, 0.2) is 0 Å². The maximum atomic E-state index is 13.5. The fraction of sp³-hybridized carbons (Fsp3) is 0.400. The van der Waals surface area contributed by atoms with Crippen LogP contribution in [0.3, 0.4) is 0 Å². The molecule has 0 saturated heterocycles. The molecule has 292 valence electrons. The van der Waals surface area contributed by atoms with Crippen molar-refractivity contribution in [1.29, 1.82) is 0 Å². The molecule has 0 bridgehead atoms. The van der Waals surface area contributed by atoms with E-state index in [0.29, 0.717) is 5.56 Å². The summed E-state index contributed by atoms with van der Waals surface area (Å²) in [6, 6.07) is -1.99. The summed E-state index contributed by atoms with van der Waals surface area (Å²) in [4.78, 5) is 77.7. The molecule has 0 aromatic heterocycles. The van der Waals surface area contributed by atoms with E-state index in [1.165, 1.54) is 0 Å². The predicted octanol–water partition coefficient (Wildman–Crippen LogP) is -0.404. The first-order chi connectivity index (χ1) is 25.0. The lowest BCUT2D eigenvalue weighted by molar-refractivity contribution is -0.119. The largest absolute Gasteiger partial charge is 0.394 e. The van der Waals surface area contributed by atoms with Gasteiger partial charge in [-0.3, -0.25) is 28.8 Å². The smallest absolute Gasteiger partial charge is 0.253 e. The van der Waals surface area contributed by atoms with Gasteiger partial charge in [0.2, 0.25) is 11.8 Å². The second-order valence-electron chi connectivity index (χ2n) is 10.8. The van der Waals surface area contributed by atoms with Crippen molar-refractivity contribution in [3.8, 4) is 0 Å². The molecule has 12 N–H and O–H groups in total. The zero-order valence-electron chi connectivity index (χ0n) is 27.5. The number of aliphatic hydroxyl groups excluding tert-OH is 6. The van der Waals surface area contributed by atoms with Gasteiger partial charge in [-0.25, -0.2) is 0 Å². The highest BCUT2D eigenvalue weighted by Crippen LogP contribution is 2.36. The maximum absolute atomic E-state index is 13.5. The van der Waals surface area contributed by atoms with Crippen molar-refractivity contribution in [2.24, 2.45) is 0 Å². The fourth-order valence-electron chi connectivity index (χ4n) is 4.43. The Morgan fingerprint density at radius 3 is 1.25 bits per heavy atom. The van der Waals surface area contributed by atoms with Gasteiger partial charge in [0, 0.05) is 20.2 Å². The number of hydrogen-bond acceptors (Lipinski definition) is 12. The Morgan fingerprint density at radius 1 is 0.509 bits per heavy atom. The first kappa shape index (κ1) is 47.8. The Hall–Kier alpha value is -1.33. The average molecular weight is 1310 g/mol. The molecule has 0 fully saturated rings. The molecule has 0 aliphatic rings. The molecule has 53 heavy (non-hydrogen) atoms. The van der Waals surface area contributed by atoms with E-state index in [4.69, 9.17) is 0 Å². The second kappa shape index (κ2) is 23.0. The molecule has 2 aromatic carbocycles. The minimum Gasteiger partial charge on any atom is -0.394 e. The number of aliphatic hydroxyl groups is 6. The molecule has 2 aromatic rings. The lowest BCUT2D eigenvalue weighted by atomic mass is 10.0. The summed E-state index contributed by atoms with van der Waals surface area (Å²) in [5.74, 6) is -4.33. The third-order valence-corrected chi connectivity index (χ3v) is 12.5. The predicted molar refractivity (Wildman–Crippen MR) is 233 cm³/mol. The Labute approximate surface area is 370 Å². The van der Waals surface area contributed by atoms with Crippen molar-refractivity contribution in [2.45, 2.75) is 25.4 Å². The van der Waals surface area contributed by atoms with Crippen LogP contribution in [0.4, 0.5) is 11.4 Å². The summed E-state index contributed by atoms with van der Waals surface area (Å²) in [6.45, 7) is -2.40. The van der Waals surface area contributed by atoms with Crippen molar-refractivity contribution < 1.29 is 59.4 Å². The number of rotatable bonds is 18. The third kappa shape index (κ3) is 12.3. The summed E-state index contributed by atoms with van der Waals surface area (Å²) < 4.78 is 1.16. The molecule has 0 radical (unpaired) electrons. The number of carbonyl (C=O) groups excluding carboxylic acids is 6. The van der Waals surface area contributed by atoms with Crippen LogP contribution in [0, 0.1) is 24.8 Å². The Bertz CT molecular complexity index is 1620. The maximum Gasteiger partial charge on any atom is 0.253 e. The van der Waals surface area contributed by atoms with Crippen LogP contribution in [0.5, 0.6) is 0 Å². The molecular weight excluding hydrogens is 1270 g/mol. The summed E-state index contributed by atoms with van der Waals surface area (Å²) in [5, 5.41) is 71.8. The van der Waals surface area contributed by atoms with Crippen LogP contribution in [0.25, 0.3) is 0 Å². The van der Waals surface area contributed by atoms with Gasteiger partial charge in [-0.15, -0.1) is 0 Å². The van der Waals surface area contributed by atoms with Gasteiger partial charge >= 0.3 is 0 Å². The van der Waals surface area contributed by atoms with E-state index in [2.05, 4.69) is 31.9 Å². The first-order valence-corrected chi connectivity index (χ1v) is 20.6. The van der Waals surface area contributed by atoms with E-state index in [0.717, 1.165) is 0 Å². The van der Waals surface area contributed by atoms with E-state index in [-0.39, 0.29) is 71.0 Å². The fourth-order valence-corrected chi connectivity index (χ4v) is 11.6. The number of anilines is 2. The molecule has 0 unspecified atom stereocenters. The molecule has 0 aliphatic carbocycles. The van der Waals surface area contributed by atoms with Crippen molar-refractivity contribution in [3.63, 3.8) is 0 Å². The molecule has 0 heterocycles. The van der Waals surface area contributed by atoms with Crippen molar-refractivity contribution in [1.82, 2.24) is 21.3 Å². The molecule has 2 rings (SSSR count). The summed E-state index contributed by atoms with van der Waals surface area (Å²) >= 11 is 9.07. The molecule has 6 amide bonds. The van der Waals surface area contributed by atoms with Crippen LogP contribution >= 0.6 is 113 Å². The Kier molecular flexibility index (Phi) is 20.8. The van der Waals surface area contributed by atoms with Gasteiger partial charge in [0.05, 0.1) is 82.9 Å². The van der Waals surface area contributed by atoms with Crippen LogP contribution < -0.4 is 31.9 Å². The van der Waals surface area contributed by atoms with E-state index in [1.54, 1.807) is 29.5 Å². The Morgan fingerprint density at radius 2 is 0.849 bits per heavy atom.